The summed E-state index contributed by atoms with van der Waals surface area (Å²) >= 11 is 0. The third kappa shape index (κ3) is 10.6. The predicted molar refractivity (Wildman–Crippen MR) is 283 cm³/mol. The summed E-state index contributed by atoms with van der Waals surface area (Å²) in [5.74, 6) is -6.33. The Morgan fingerprint density at radius 1 is 0.877 bits per heavy atom. The lowest BCUT2D eigenvalue weighted by atomic mass is 9.44. The number of aliphatic hydroxyl groups is 6. The van der Waals surface area contributed by atoms with Crippen LogP contribution in [0.3, 0.4) is 0 Å². The van der Waals surface area contributed by atoms with E-state index in [2.05, 4.69) is 20.6 Å². The Balaban J connectivity index is 0.000000349. The van der Waals surface area contributed by atoms with Crippen LogP contribution in [0.1, 0.15) is 111 Å². The summed E-state index contributed by atoms with van der Waals surface area (Å²) in [5.41, 5.74) is -6.54. The van der Waals surface area contributed by atoms with E-state index in [0.29, 0.717) is 30.0 Å². The van der Waals surface area contributed by atoms with Crippen molar-refractivity contribution in [2.45, 2.75) is 139 Å². The summed E-state index contributed by atoms with van der Waals surface area (Å²) in [4.78, 5) is 91.8. The number of aliphatic hydroxyl groups excluding tert-OH is 5. The Morgan fingerprint density at radius 3 is 2.11 bits per heavy atom. The Kier molecular flexibility index (Phi) is 16.6. The SMILES string of the molecule is CC(=O)O[C@H]1C(=O)[C@@]2(C)[C@H]([C@H](OC(=O)c3ccccc3)[C@]3(O)C[C@H](OC(=O)[C@H](O)[C@@H](NC(=O)c4ccccc4)c4ccccc4)C(C)=C1C3(C)C)[C@]1(OC(C)=O)CO[C@@H]1C[C@@H]2O.OC[C@H]1O[C@@H](n2cnc3c2N=CNC[C@H]3O)C[C@@H]1O. The number of benzene rings is 3. The van der Waals surface area contributed by atoms with Crippen LogP contribution < -0.4 is 10.6 Å². The highest BCUT2D eigenvalue weighted by Crippen LogP contribution is 2.64. The summed E-state index contributed by atoms with van der Waals surface area (Å²) in [6.45, 7) is 8.09. The number of Topliss-reactive ketones (excluding diaryl/α,β-unsaturated/α-hetero) is 1. The zero-order valence-electron chi connectivity index (χ0n) is 45.4. The van der Waals surface area contributed by atoms with E-state index >= 15 is 4.79 Å². The van der Waals surface area contributed by atoms with Gasteiger partial charge in [-0.3, -0.25) is 23.7 Å². The van der Waals surface area contributed by atoms with Gasteiger partial charge in [0.1, 0.15) is 48.0 Å². The summed E-state index contributed by atoms with van der Waals surface area (Å²) < 4.78 is 37.5. The molecule has 432 valence electrons. The van der Waals surface area contributed by atoms with Gasteiger partial charge in [-0.05, 0) is 54.8 Å². The van der Waals surface area contributed by atoms with Crippen LogP contribution in [0.25, 0.3) is 0 Å². The normalized spacial score (nSPS) is 32.3. The first-order valence-corrected chi connectivity index (χ1v) is 26.6. The van der Waals surface area contributed by atoms with E-state index in [0.717, 1.165) is 13.8 Å². The molecule has 3 aliphatic carbocycles. The number of rotatable bonds is 12. The molecule has 2 saturated carbocycles. The van der Waals surface area contributed by atoms with Crippen molar-refractivity contribution in [3.63, 3.8) is 0 Å². The average molecular weight is 1120 g/mol. The molecule has 3 aromatic carbocycles. The molecule has 10 rings (SSSR count). The van der Waals surface area contributed by atoms with Crippen molar-refractivity contribution >= 4 is 47.7 Å². The standard InChI is InChI=1S/C47H51NO14.C11H16N4O4/c1-25-31(60-43(56)36(52)35(28-16-10-7-11-17-28)48-41(54)29-18-12-8-13-19-29)23-47(57)40(61-42(55)30-20-14-9-15-21-30)38-45(6,32(51)22-33-46(38,24-58-33)62-27(3)50)39(53)37(59-26(2)49)34(25)44(47,4)5;16-3-8-6(17)1-9(19-8)15-5-14-10-7(18)2-12-4-13-11(10)15/h7-21,31-33,35-38,40,51-52,57H,22-24H2,1-6H3,(H,48,54);4-9,16-18H,1-3H2,(H,12,13)/t31-,32-,33+,35-,36+,37+,38-,40-,45+,46-,47+;6-,7+,8+,9+/m00/s1. The number of hydrogen-bond acceptors (Lipinski definition) is 21. The molecule has 6 aliphatic rings. The van der Waals surface area contributed by atoms with Gasteiger partial charge in [0.2, 0.25) is 0 Å². The van der Waals surface area contributed by atoms with Crippen molar-refractivity contribution in [1.29, 1.82) is 0 Å². The van der Waals surface area contributed by atoms with Crippen molar-refractivity contribution in [2.24, 2.45) is 21.7 Å². The van der Waals surface area contributed by atoms with Crippen LogP contribution >= 0.6 is 0 Å². The molecule has 0 radical (unpaired) electrons. The summed E-state index contributed by atoms with van der Waals surface area (Å²) in [6.07, 6.45) is -9.61. The van der Waals surface area contributed by atoms with Gasteiger partial charge in [-0.15, -0.1) is 0 Å². The van der Waals surface area contributed by atoms with Crippen LogP contribution in [0.15, 0.2) is 113 Å². The number of ether oxygens (including phenoxy) is 6. The lowest BCUT2D eigenvalue weighted by Crippen LogP contribution is -2.82. The maximum absolute atomic E-state index is 15.5. The zero-order chi connectivity index (χ0) is 58.3. The highest BCUT2D eigenvalue weighted by Gasteiger charge is 2.78. The minimum Gasteiger partial charge on any atom is -0.456 e. The molecule has 4 heterocycles. The molecule has 1 aromatic heterocycles. The van der Waals surface area contributed by atoms with Crippen LogP contribution in [0, 0.1) is 16.7 Å². The average Bonchev–Trinajstić information content (AvgIpc) is 1.62. The maximum atomic E-state index is 15.5. The summed E-state index contributed by atoms with van der Waals surface area (Å²) in [7, 11) is 0. The number of fused-ring (bicyclic) bond motifs is 6. The number of nitrogens with zero attached hydrogens (tertiary/aromatic N) is 3. The molecule has 8 N–H and O–H groups in total. The first-order chi connectivity index (χ1) is 38.5. The fraction of sp³-hybridized carbons (Fsp3) is 0.483. The molecule has 23 nitrogen and oxygen atoms in total. The van der Waals surface area contributed by atoms with Crippen molar-refractivity contribution in [3.8, 4) is 0 Å². The molecule has 0 spiro atoms. The Bertz CT molecular complexity index is 3080. The fourth-order valence-electron chi connectivity index (χ4n) is 12.5. The number of carbonyl (C=O) groups is 6. The van der Waals surface area contributed by atoms with E-state index < -0.39 is 137 Å². The van der Waals surface area contributed by atoms with Gasteiger partial charge < -0.3 is 69.7 Å². The summed E-state index contributed by atoms with van der Waals surface area (Å²) in [5, 5.41) is 71.8. The Labute approximate surface area is 465 Å². The molecular formula is C58H67N5O18. The molecule has 2 saturated heterocycles. The van der Waals surface area contributed by atoms with Crippen LogP contribution in [-0.2, 0) is 47.6 Å². The van der Waals surface area contributed by atoms with Crippen molar-refractivity contribution in [1.82, 2.24) is 20.2 Å². The topological polar surface area (TPSA) is 333 Å². The van der Waals surface area contributed by atoms with Crippen LogP contribution in [-0.4, -0.2) is 162 Å². The first-order valence-electron chi connectivity index (χ1n) is 26.6. The van der Waals surface area contributed by atoms with Gasteiger partial charge in [-0.1, -0.05) is 80.6 Å². The fourth-order valence-corrected chi connectivity index (χ4v) is 12.5. The van der Waals surface area contributed by atoms with Crippen LogP contribution in [0.4, 0.5) is 5.82 Å². The smallest absolute Gasteiger partial charge is 0.338 e. The van der Waals surface area contributed by atoms with Gasteiger partial charge in [0.15, 0.2) is 29.4 Å². The van der Waals surface area contributed by atoms with E-state index in [4.69, 9.17) is 33.5 Å². The second-order valence-electron chi connectivity index (χ2n) is 22.0. The Hall–Kier alpha value is -7.22. The maximum Gasteiger partial charge on any atom is 0.338 e. The van der Waals surface area contributed by atoms with Crippen LogP contribution in [0.5, 0.6) is 0 Å². The quantitative estimate of drug-likeness (QED) is 0.0574. The second-order valence-corrected chi connectivity index (χ2v) is 22.0. The zero-order valence-corrected chi connectivity index (χ0v) is 45.4. The third-order valence-electron chi connectivity index (χ3n) is 16.9. The molecule has 81 heavy (non-hydrogen) atoms. The molecule has 1 amide bonds. The Morgan fingerprint density at radius 2 is 1.52 bits per heavy atom. The van der Waals surface area contributed by atoms with E-state index in [-0.39, 0.29) is 41.9 Å². The highest BCUT2D eigenvalue weighted by molar-refractivity contribution is 5.96. The van der Waals surface area contributed by atoms with Crippen LogP contribution in [0.2, 0.25) is 0 Å². The lowest BCUT2D eigenvalue weighted by Gasteiger charge is -2.67. The van der Waals surface area contributed by atoms with E-state index in [9.17, 15) is 49.5 Å². The number of hydrogen-bond donors (Lipinski definition) is 8. The lowest BCUT2D eigenvalue weighted by molar-refractivity contribution is -0.346. The predicted octanol–water partition coefficient (Wildman–Crippen LogP) is 2.56. The highest BCUT2D eigenvalue weighted by atomic mass is 16.6. The summed E-state index contributed by atoms with van der Waals surface area (Å²) in [6, 6.07) is 22.9. The first kappa shape index (κ1) is 58.4. The monoisotopic (exact) mass is 1120 g/mol. The largest absolute Gasteiger partial charge is 0.456 e. The molecule has 4 aromatic rings. The number of esters is 4. The van der Waals surface area contributed by atoms with Crippen molar-refractivity contribution in [3.05, 3.63) is 131 Å². The number of aliphatic imine (C=N–C) groups is 1. The van der Waals surface area contributed by atoms with Gasteiger partial charge >= 0.3 is 23.9 Å². The van der Waals surface area contributed by atoms with Crippen molar-refractivity contribution < 1.29 is 87.8 Å². The number of amides is 1. The number of carbonyl (C=O) groups excluding carboxylic acids is 6. The molecule has 0 unspecified atom stereocenters. The van der Waals surface area contributed by atoms with Gasteiger partial charge in [0.05, 0.1) is 61.0 Å². The van der Waals surface area contributed by atoms with Gasteiger partial charge in [0, 0.05) is 50.6 Å². The molecule has 23 heteroatoms. The molecule has 3 aliphatic heterocycles. The second kappa shape index (κ2) is 23.0. The van der Waals surface area contributed by atoms with E-state index in [1.54, 1.807) is 97.3 Å². The number of aromatic nitrogens is 2. The van der Waals surface area contributed by atoms with Crippen molar-refractivity contribution in [2.75, 3.05) is 19.8 Å². The van der Waals surface area contributed by atoms with Gasteiger partial charge in [-0.2, -0.15) is 0 Å². The number of imidazole rings is 1. The molecule has 4 fully saturated rings. The number of β-amino-alcohol motifs (C(OH)–C–C–N with tert-alkyl or cyclic N) is 1. The molecule has 2 bridgehead atoms. The number of nitrogens with one attached hydrogen (secondary N) is 2. The van der Waals surface area contributed by atoms with Gasteiger partial charge in [0.25, 0.3) is 5.91 Å². The third-order valence-corrected chi connectivity index (χ3v) is 16.9. The van der Waals surface area contributed by atoms with E-state index in [1.807, 2.05) is 0 Å². The van der Waals surface area contributed by atoms with E-state index in [1.165, 1.54) is 38.6 Å². The molecular weight excluding hydrogens is 1050 g/mol. The molecule has 15 atom stereocenters. The minimum atomic E-state index is -2.39. The van der Waals surface area contributed by atoms with Gasteiger partial charge in [-0.25, -0.2) is 19.6 Å². The minimum absolute atomic E-state index is 0.00289. The number of ketones is 1.